The molecule has 3 amide bonds. The molecule has 1 fully saturated rings. The highest BCUT2D eigenvalue weighted by molar-refractivity contribution is 5.92. The van der Waals surface area contributed by atoms with E-state index in [2.05, 4.69) is 10.6 Å². The fraction of sp³-hybridized carbons (Fsp3) is 0.679. The molecule has 2 N–H and O–H groups in total. The first kappa shape index (κ1) is 28.7. The van der Waals surface area contributed by atoms with Crippen LogP contribution in [0.25, 0.3) is 0 Å². The summed E-state index contributed by atoms with van der Waals surface area (Å²) in [6.45, 7) is 13.3. The van der Waals surface area contributed by atoms with Crippen LogP contribution < -0.4 is 10.6 Å². The Morgan fingerprint density at radius 3 is 2.29 bits per heavy atom. The molecule has 1 saturated carbocycles. The van der Waals surface area contributed by atoms with E-state index in [0.717, 1.165) is 42.4 Å². The average Bonchev–Trinajstić information content (AvgIpc) is 2.74. The Hall–Kier alpha value is -2.57. The van der Waals surface area contributed by atoms with Crippen molar-refractivity contribution in [1.29, 1.82) is 0 Å². The van der Waals surface area contributed by atoms with Crippen LogP contribution in [0, 0.1) is 19.8 Å². The van der Waals surface area contributed by atoms with E-state index < -0.39 is 23.8 Å². The van der Waals surface area contributed by atoms with Gasteiger partial charge in [0.2, 0.25) is 11.8 Å². The van der Waals surface area contributed by atoms with Gasteiger partial charge in [-0.2, -0.15) is 0 Å². The standard InChI is InChI=1S/C28H45N3O4/c1-18(2)16-23(30-27(34)35-28(5,6)7)26(33)31(8)24(22-17-19(3)14-15-20(22)4)25(32)29-21-12-10-9-11-13-21/h14-15,17-18,21,23-24H,9-13,16H2,1-8H3,(H,29,32)(H,30,34). The second kappa shape index (κ2) is 12.4. The third kappa shape index (κ3) is 8.86. The van der Waals surface area contributed by atoms with Gasteiger partial charge in [-0.1, -0.05) is 56.9 Å². The fourth-order valence-corrected chi connectivity index (χ4v) is 4.62. The van der Waals surface area contributed by atoms with E-state index in [1.807, 2.05) is 45.9 Å². The first-order chi connectivity index (χ1) is 16.3. The predicted molar refractivity (Wildman–Crippen MR) is 139 cm³/mol. The average molecular weight is 488 g/mol. The van der Waals surface area contributed by atoms with Crippen molar-refractivity contribution in [3.05, 3.63) is 34.9 Å². The Kier molecular flexibility index (Phi) is 10.2. The molecule has 196 valence electrons. The molecule has 0 radical (unpaired) electrons. The van der Waals surface area contributed by atoms with Crippen molar-refractivity contribution < 1.29 is 19.1 Å². The third-order valence-corrected chi connectivity index (χ3v) is 6.36. The molecule has 35 heavy (non-hydrogen) atoms. The largest absolute Gasteiger partial charge is 0.444 e. The van der Waals surface area contributed by atoms with Gasteiger partial charge < -0.3 is 20.3 Å². The van der Waals surface area contributed by atoms with Crippen molar-refractivity contribution in [2.24, 2.45) is 5.92 Å². The van der Waals surface area contributed by atoms with Gasteiger partial charge in [-0.25, -0.2) is 4.79 Å². The number of nitrogens with one attached hydrogen (secondary N) is 2. The van der Waals surface area contributed by atoms with Gasteiger partial charge in [-0.05, 0) is 70.9 Å². The first-order valence-corrected chi connectivity index (χ1v) is 12.9. The summed E-state index contributed by atoms with van der Waals surface area (Å²) in [5.41, 5.74) is 2.09. The number of rotatable bonds is 8. The van der Waals surface area contributed by atoms with Gasteiger partial charge in [0, 0.05) is 13.1 Å². The minimum Gasteiger partial charge on any atom is -0.444 e. The highest BCUT2D eigenvalue weighted by Crippen LogP contribution is 2.27. The zero-order valence-corrected chi connectivity index (χ0v) is 22.9. The maximum Gasteiger partial charge on any atom is 0.408 e. The molecule has 1 aromatic carbocycles. The van der Waals surface area contributed by atoms with Gasteiger partial charge in [0.15, 0.2) is 0 Å². The summed E-state index contributed by atoms with van der Waals surface area (Å²) in [6, 6.07) is 4.49. The quantitative estimate of drug-likeness (QED) is 0.528. The lowest BCUT2D eigenvalue weighted by Crippen LogP contribution is -2.53. The molecule has 2 atom stereocenters. The van der Waals surface area contributed by atoms with E-state index in [1.165, 1.54) is 11.3 Å². The van der Waals surface area contributed by atoms with Crippen LogP contribution in [-0.4, -0.2) is 47.5 Å². The number of benzene rings is 1. The molecule has 1 aromatic rings. The summed E-state index contributed by atoms with van der Waals surface area (Å²) in [5, 5.41) is 5.96. The monoisotopic (exact) mass is 487 g/mol. The number of ether oxygens (including phenoxy) is 1. The maximum absolute atomic E-state index is 13.8. The van der Waals surface area contributed by atoms with E-state index in [0.29, 0.717) is 6.42 Å². The Morgan fingerprint density at radius 2 is 1.71 bits per heavy atom. The number of carbonyl (C=O) groups excluding carboxylic acids is 3. The second-order valence-corrected chi connectivity index (χ2v) is 11.4. The molecular weight excluding hydrogens is 442 g/mol. The van der Waals surface area contributed by atoms with E-state index in [1.54, 1.807) is 27.8 Å². The molecule has 2 rings (SSSR count). The summed E-state index contributed by atoms with van der Waals surface area (Å²) < 4.78 is 5.41. The summed E-state index contributed by atoms with van der Waals surface area (Å²) in [4.78, 5) is 41.4. The summed E-state index contributed by atoms with van der Waals surface area (Å²) in [5.74, 6) is -0.334. The van der Waals surface area contributed by atoms with Crippen molar-refractivity contribution in [3.8, 4) is 0 Å². The topological polar surface area (TPSA) is 87.7 Å². The van der Waals surface area contributed by atoms with Crippen molar-refractivity contribution in [3.63, 3.8) is 0 Å². The molecule has 7 nitrogen and oxygen atoms in total. The molecule has 7 heteroatoms. The van der Waals surface area contributed by atoms with Crippen LogP contribution in [0.1, 0.15) is 95.9 Å². The van der Waals surface area contributed by atoms with Crippen molar-refractivity contribution in [1.82, 2.24) is 15.5 Å². The number of likely N-dealkylation sites (N-methyl/N-ethyl adjacent to an activating group) is 1. The second-order valence-electron chi connectivity index (χ2n) is 11.4. The Bertz CT molecular complexity index is 885. The maximum atomic E-state index is 13.8. The minimum atomic E-state index is -0.801. The van der Waals surface area contributed by atoms with E-state index in [9.17, 15) is 14.4 Å². The van der Waals surface area contributed by atoms with Crippen LogP contribution in [0.2, 0.25) is 0 Å². The van der Waals surface area contributed by atoms with Gasteiger partial charge >= 0.3 is 6.09 Å². The van der Waals surface area contributed by atoms with Gasteiger partial charge in [0.05, 0.1) is 0 Å². The van der Waals surface area contributed by atoms with Gasteiger partial charge in [0.25, 0.3) is 0 Å². The highest BCUT2D eigenvalue weighted by atomic mass is 16.6. The SMILES string of the molecule is Cc1ccc(C)c(C(C(=O)NC2CCCCC2)N(C)C(=O)C(CC(C)C)NC(=O)OC(C)(C)C)c1. The van der Waals surface area contributed by atoms with Crippen LogP contribution >= 0.6 is 0 Å². The van der Waals surface area contributed by atoms with Crippen LogP contribution in [0.4, 0.5) is 4.79 Å². The molecular formula is C28H45N3O4. The highest BCUT2D eigenvalue weighted by Gasteiger charge is 2.36. The normalized spacial score (nSPS) is 16.4. The molecule has 1 aliphatic rings. The Morgan fingerprint density at radius 1 is 1.09 bits per heavy atom. The lowest BCUT2D eigenvalue weighted by Gasteiger charge is -2.34. The number of nitrogens with zero attached hydrogens (tertiary/aromatic N) is 1. The van der Waals surface area contributed by atoms with Gasteiger partial charge in [-0.15, -0.1) is 0 Å². The number of amides is 3. The lowest BCUT2D eigenvalue weighted by atomic mass is 9.93. The predicted octanol–water partition coefficient (Wildman–Crippen LogP) is 5.19. The zero-order chi connectivity index (χ0) is 26.3. The number of aryl methyl sites for hydroxylation is 2. The molecule has 0 heterocycles. The summed E-state index contributed by atoms with van der Waals surface area (Å²) >= 11 is 0. The lowest BCUT2D eigenvalue weighted by molar-refractivity contribution is -0.141. The first-order valence-electron chi connectivity index (χ1n) is 12.9. The summed E-state index contributed by atoms with van der Waals surface area (Å²) in [6.07, 6.45) is 5.11. The third-order valence-electron chi connectivity index (χ3n) is 6.36. The molecule has 1 aliphatic carbocycles. The Balaban J connectivity index is 2.36. The molecule has 0 saturated heterocycles. The van der Waals surface area contributed by atoms with Crippen molar-refractivity contribution in [2.45, 2.75) is 111 Å². The molecule has 0 aliphatic heterocycles. The van der Waals surface area contributed by atoms with Crippen LogP contribution in [0.15, 0.2) is 18.2 Å². The number of hydrogen-bond acceptors (Lipinski definition) is 4. The number of hydrogen-bond donors (Lipinski definition) is 2. The number of alkyl carbamates (subject to hydrolysis) is 1. The zero-order valence-electron chi connectivity index (χ0n) is 22.9. The molecule has 0 bridgehead atoms. The summed E-state index contributed by atoms with van der Waals surface area (Å²) in [7, 11) is 1.65. The van der Waals surface area contributed by atoms with Gasteiger partial charge in [-0.3, -0.25) is 9.59 Å². The van der Waals surface area contributed by atoms with E-state index in [-0.39, 0.29) is 23.8 Å². The molecule has 2 unspecified atom stereocenters. The van der Waals surface area contributed by atoms with E-state index >= 15 is 0 Å². The Labute approximate surface area is 211 Å². The van der Waals surface area contributed by atoms with Crippen molar-refractivity contribution >= 4 is 17.9 Å². The van der Waals surface area contributed by atoms with E-state index in [4.69, 9.17) is 4.74 Å². The molecule has 0 spiro atoms. The smallest absolute Gasteiger partial charge is 0.408 e. The van der Waals surface area contributed by atoms with Crippen LogP contribution in [0.3, 0.4) is 0 Å². The van der Waals surface area contributed by atoms with Crippen LogP contribution in [-0.2, 0) is 14.3 Å². The minimum absolute atomic E-state index is 0.124. The van der Waals surface area contributed by atoms with Gasteiger partial charge in [0.1, 0.15) is 17.7 Å². The van der Waals surface area contributed by atoms with Crippen LogP contribution in [0.5, 0.6) is 0 Å². The van der Waals surface area contributed by atoms with Crippen molar-refractivity contribution in [2.75, 3.05) is 7.05 Å². The fourth-order valence-electron chi connectivity index (χ4n) is 4.62. The number of carbonyl (C=O) groups is 3. The molecule has 0 aromatic heterocycles.